The van der Waals surface area contributed by atoms with Crippen LogP contribution in [0.5, 0.6) is 0 Å². The Balaban J connectivity index is 0.00000441. The zero-order valence-electron chi connectivity index (χ0n) is 13.0. The Morgan fingerprint density at radius 1 is 1.23 bits per heavy atom. The number of halogens is 1. The summed E-state index contributed by atoms with van der Waals surface area (Å²) in [5.74, 6) is -0.574. The minimum Gasteiger partial charge on any atom is -0.460 e. The van der Waals surface area contributed by atoms with E-state index in [1.54, 1.807) is 20.8 Å². The Kier molecular flexibility index (Phi) is 8.52. The van der Waals surface area contributed by atoms with E-state index in [9.17, 15) is 9.59 Å². The zero-order chi connectivity index (χ0) is 15.9. The van der Waals surface area contributed by atoms with Crippen LogP contribution in [-0.4, -0.2) is 30.3 Å². The van der Waals surface area contributed by atoms with Crippen molar-refractivity contribution in [1.82, 2.24) is 5.32 Å². The topological polar surface area (TPSA) is 90.6 Å². The number of hydrogen-bond donors (Lipinski definition) is 2. The molecule has 0 aliphatic heterocycles. The standard InChI is InChI=1S/C15H22N2O4.ClH/c1-15(2,3)21-14(19)17-9-12(16)13(18)20-10-11-7-5-4-6-8-11;/h4-8,12H,9-10,16H2,1-3H3,(H,17,19);1H/t12-;/m0./s1. The van der Waals surface area contributed by atoms with E-state index in [1.165, 1.54) is 0 Å². The van der Waals surface area contributed by atoms with Crippen LogP contribution in [0.25, 0.3) is 0 Å². The van der Waals surface area contributed by atoms with E-state index in [-0.39, 0.29) is 25.6 Å². The minimum atomic E-state index is -0.929. The summed E-state index contributed by atoms with van der Waals surface area (Å²) in [6, 6.07) is 8.35. The van der Waals surface area contributed by atoms with Gasteiger partial charge in [-0.05, 0) is 26.3 Å². The maximum atomic E-state index is 11.7. The van der Waals surface area contributed by atoms with Gasteiger partial charge in [-0.1, -0.05) is 30.3 Å². The van der Waals surface area contributed by atoms with E-state index >= 15 is 0 Å². The third-order valence-electron chi connectivity index (χ3n) is 2.39. The summed E-state index contributed by atoms with van der Waals surface area (Å²) in [5.41, 5.74) is 5.93. The van der Waals surface area contributed by atoms with E-state index in [1.807, 2.05) is 30.3 Å². The van der Waals surface area contributed by atoms with Gasteiger partial charge >= 0.3 is 12.1 Å². The fourth-order valence-corrected chi connectivity index (χ4v) is 1.43. The number of ether oxygens (including phenoxy) is 2. The molecule has 22 heavy (non-hydrogen) atoms. The Morgan fingerprint density at radius 2 is 1.82 bits per heavy atom. The van der Waals surface area contributed by atoms with E-state index < -0.39 is 23.7 Å². The Bertz CT molecular complexity index is 474. The first-order valence-electron chi connectivity index (χ1n) is 6.71. The number of alkyl carbamates (subject to hydrolysis) is 1. The van der Waals surface area contributed by atoms with Gasteiger partial charge in [0.2, 0.25) is 0 Å². The van der Waals surface area contributed by atoms with Gasteiger partial charge in [0.15, 0.2) is 0 Å². The molecule has 0 aromatic heterocycles. The fraction of sp³-hybridized carbons (Fsp3) is 0.467. The second-order valence-corrected chi connectivity index (χ2v) is 5.58. The Hall–Kier alpha value is -1.79. The van der Waals surface area contributed by atoms with Crippen molar-refractivity contribution in [2.75, 3.05) is 6.54 Å². The largest absolute Gasteiger partial charge is 0.460 e. The number of carbonyl (C=O) groups excluding carboxylic acids is 2. The van der Waals surface area contributed by atoms with Crippen LogP contribution < -0.4 is 11.1 Å². The molecule has 0 radical (unpaired) electrons. The second kappa shape index (κ2) is 9.27. The third-order valence-corrected chi connectivity index (χ3v) is 2.39. The molecule has 0 saturated heterocycles. The number of nitrogens with two attached hydrogens (primary N) is 1. The molecule has 0 fully saturated rings. The molecule has 0 spiro atoms. The average Bonchev–Trinajstić information content (AvgIpc) is 2.41. The van der Waals surface area contributed by atoms with E-state index in [0.29, 0.717) is 0 Å². The third kappa shape index (κ3) is 8.49. The SMILES string of the molecule is CC(C)(C)OC(=O)NC[C@H](N)C(=O)OCc1ccccc1.Cl. The van der Waals surface area contributed by atoms with Crippen LogP contribution in [0.1, 0.15) is 26.3 Å². The van der Waals surface area contributed by atoms with Crippen LogP contribution in [0.3, 0.4) is 0 Å². The van der Waals surface area contributed by atoms with Crippen molar-refractivity contribution in [2.45, 2.75) is 39.0 Å². The van der Waals surface area contributed by atoms with Gasteiger partial charge in [-0.15, -0.1) is 12.4 Å². The maximum absolute atomic E-state index is 11.7. The lowest BCUT2D eigenvalue weighted by atomic mass is 10.2. The van der Waals surface area contributed by atoms with Crippen molar-refractivity contribution in [2.24, 2.45) is 5.73 Å². The second-order valence-electron chi connectivity index (χ2n) is 5.58. The monoisotopic (exact) mass is 330 g/mol. The first-order chi connectivity index (χ1) is 9.78. The lowest BCUT2D eigenvalue weighted by molar-refractivity contribution is -0.146. The van der Waals surface area contributed by atoms with Gasteiger partial charge in [-0.25, -0.2) is 4.79 Å². The number of nitrogens with one attached hydrogen (secondary N) is 1. The van der Waals surface area contributed by atoms with Gasteiger partial charge in [0.25, 0.3) is 0 Å². The van der Waals surface area contributed by atoms with Crippen LogP contribution in [0.2, 0.25) is 0 Å². The fourth-order valence-electron chi connectivity index (χ4n) is 1.43. The van der Waals surface area contributed by atoms with Gasteiger partial charge < -0.3 is 20.5 Å². The lowest BCUT2D eigenvalue weighted by Crippen LogP contribution is -2.44. The molecule has 0 aliphatic carbocycles. The highest BCUT2D eigenvalue weighted by Crippen LogP contribution is 2.06. The summed E-state index contributed by atoms with van der Waals surface area (Å²) in [7, 11) is 0. The van der Waals surface area contributed by atoms with Gasteiger partial charge in [-0.3, -0.25) is 4.79 Å². The molecule has 0 bridgehead atoms. The summed E-state index contributed by atoms with van der Waals surface area (Å²) in [6.45, 7) is 5.37. The summed E-state index contributed by atoms with van der Waals surface area (Å²) >= 11 is 0. The number of esters is 1. The molecule has 0 unspecified atom stereocenters. The number of benzene rings is 1. The summed E-state index contributed by atoms with van der Waals surface area (Å²) in [6.07, 6.45) is -0.617. The predicted molar refractivity (Wildman–Crippen MR) is 85.7 cm³/mol. The van der Waals surface area contributed by atoms with Gasteiger partial charge in [0.05, 0.1) is 0 Å². The number of hydrogen-bond acceptors (Lipinski definition) is 5. The van der Waals surface area contributed by atoms with Crippen LogP contribution >= 0.6 is 12.4 Å². The molecule has 0 aliphatic rings. The highest BCUT2D eigenvalue weighted by molar-refractivity contribution is 5.85. The van der Waals surface area contributed by atoms with Gasteiger partial charge in [-0.2, -0.15) is 0 Å². The molecule has 1 amide bonds. The van der Waals surface area contributed by atoms with Gasteiger partial charge in [0.1, 0.15) is 18.2 Å². The zero-order valence-corrected chi connectivity index (χ0v) is 13.8. The van der Waals surface area contributed by atoms with Crippen molar-refractivity contribution in [3.8, 4) is 0 Å². The molecule has 1 atom stereocenters. The van der Waals surface area contributed by atoms with Crippen molar-refractivity contribution in [1.29, 1.82) is 0 Å². The molecule has 3 N–H and O–H groups in total. The molecule has 0 heterocycles. The summed E-state index contributed by atoms with van der Waals surface area (Å²) in [4.78, 5) is 23.1. The molecule has 1 aromatic rings. The van der Waals surface area contributed by atoms with E-state index in [4.69, 9.17) is 15.2 Å². The minimum absolute atomic E-state index is 0. The summed E-state index contributed by atoms with van der Waals surface area (Å²) in [5, 5.41) is 2.43. The van der Waals surface area contributed by atoms with Crippen molar-refractivity contribution >= 4 is 24.5 Å². The van der Waals surface area contributed by atoms with Crippen LogP contribution in [0, 0.1) is 0 Å². The first-order valence-corrected chi connectivity index (χ1v) is 6.71. The van der Waals surface area contributed by atoms with Gasteiger partial charge in [0, 0.05) is 6.54 Å². The molecular weight excluding hydrogens is 308 g/mol. The van der Waals surface area contributed by atoms with Crippen molar-refractivity contribution in [3.63, 3.8) is 0 Å². The normalized spacial score (nSPS) is 11.8. The molecule has 1 aromatic carbocycles. The number of carbonyl (C=O) groups is 2. The maximum Gasteiger partial charge on any atom is 0.407 e. The molecule has 0 saturated carbocycles. The molecule has 6 nitrogen and oxygen atoms in total. The molecular formula is C15H23ClN2O4. The number of rotatable bonds is 5. The Labute approximate surface area is 136 Å². The number of amides is 1. The average molecular weight is 331 g/mol. The highest BCUT2D eigenvalue weighted by Gasteiger charge is 2.19. The lowest BCUT2D eigenvalue weighted by Gasteiger charge is -2.20. The highest BCUT2D eigenvalue weighted by atomic mass is 35.5. The predicted octanol–water partition coefficient (Wildman–Crippen LogP) is 2.00. The van der Waals surface area contributed by atoms with E-state index in [0.717, 1.165) is 5.56 Å². The van der Waals surface area contributed by atoms with Crippen LogP contribution in [0.15, 0.2) is 30.3 Å². The quantitative estimate of drug-likeness (QED) is 0.806. The molecule has 7 heteroatoms. The van der Waals surface area contributed by atoms with Crippen molar-refractivity contribution in [3.05, 3.63) is 35.9 Å². The first kappa shape index (κ1) is 20.2. The molecule has 1 rings (SSSR count). The van der Waals surface area contributed by atoms with Crippen LogP contribution in [-0.2, 0) is 20.9 Å². The summed E-state index contributed by atoms with van der Waals surface area (Å²) < 4.78 is 10.1. The molecule has 124 valence electrons. The van der Waals surface area contributed by atoms with E-state index in [2.05, 4.69) is 5.32 Å². The van der Waals surface area contributed by atoms with Crippen LogP contribution in [0.4, 0.5) is 4.79 Å². The Morgan fingerprint density at radius 3 is 2.36 bits per heavy atom. The van der Waals surface area contributed by atoms with Crippen molar-refractivity contribution < 1.29 is 19.1 Å². The smallest absolute Gasteiger partial charge is 0.407 e.